The molecule has 6 heteroatoms. The van der Waals surface area contributed by atoms with Crippen LogP contribution >= 0.6 is 0 Å². The summed E-state index contributed by atoms with van der Waals surface area (Å²) >= 11 is 0. The maximum absolute atomic E-state index is 12.2. The summed E-state index contributed by atoms with van der Waals surface area (Å²) in [6.45, 7) is 6.44. The molecule has 0 aliphatic rings. The van der Waals surface area contributed by atoms with Crippen molar-refractivity contribution in [2.45, 2.75) is 40.0 Å². The van der Waals surface area contributed by atoms with Gasteiger partial charge in [0.1, 0.15) is 0 Å². The second-order valence-electron chi connectivity index (χ2n) is 5.08. The Hall–Kier alpha value is -2.24. The minimum Gasteiger partial charge on any atom is -0.352 e. The molecule has 112 valence electrons. The highest BCUT2D eigenvalue weighted by atomic mass is 16.1. The first-order chi connectivity index (χ1) is 10.1. The summed E-state index contributed by atoms with van der Waals surface area (Å²) in [7, 11) is 0. The molecule has 0 atom stereocenters. The molecular formula is C15H21N5O. The maximum Gasteiger partial charge on any atom is 0.253 e. The fourth-order valence-electron chi connectivity index (χ4n) is 2.18. The Balaban J connectivity index is 1.87. The average Bonchev–Trinajstić information content (AvgIpc) is 2.88. The van der Waals surface area contributed by atoms with Crippen molar-refractivity contribution in [1.29, 1.82) is 0 Å². The van der Waals surface area contributed by atoms with Crippen LogP contribution in [0.3, 0.4) is 0 Å². The second kappa shape index (κ2) is 6.97. The van der Waals surface area contributed by atoms with Gasteiger partial charge in [0.25, 0.3) is 5.91 Å². The lowest BCUT2D eigenvalue weighted by molar-refractivity contribution is 0.0951. The molecule has 0 aromatic carbocycles. The molecule has 2 rings (SSSR count). The van der Waals surface area contributed by atoms with Crippen molar-refractivity contribution < 1.29 is 4.79 Å². The van der Waals surface area contributed by atoms with Crippen molar-refractivity contribution in [3.63, 3.8) is 0 Å². The Labute approximate surface area is 124 Å². The molecule has 1 amide bonds. The van der Waals surface area contributed by atoms with E-state index in [0.717, 1.165) is 29.9 Å². The number of rotatable bonds is 6. The van der Waals surface area contributed by atoms with Crippen LogP contribution in [0.15, 0.2) is 12.3 Å². The first-order valence-electron chi connectivity index (χ1n) is 7.22. The van der Waals surface area contributed by atoms with Crippen molar-refractivity contribution in [3.05, 3.63) is 40.5 Å². The van der Waals surface area contributed by atoms with Crippen LogP contribution in [-0.4, -0.2) is 32.8 Å². The van der Waals surface area contributed by atoms with E-state index < -0.39 is 0 Å². The molecule has 0 aliphatic carbocycles. The lowest BCUT2D eigenvalue weighted by atomic mass is 10.1. The molecule has 0 bridgehead atoms. The molecule has 0 saturated heterocycles. The number of carbonyl (C=O) groups is 1. The number of aromatic amines is 1. The van der Waals surface area contributed by atoms with Crippen LogP contribution in [0.5, 0.6) is 0 Å². The molecule has 2 aromatic heterocycles. The number of aryl methyl sites for hydroxylation is 4. The van der Waals surface area contributed by atoms with Crippen molar-refractivity contribution in [2.75, 3.05) is 6.54 Å². The van der Waals surface area contributed by atoms with Gasteiger partial charge in [0.05, 0.1) is 23.1 Å². The predicted molar refractivity (Wildman–Crippen MR) is 80.1 cm³/mol. The highest BCUT2D eigenvalue weighted by molar-refractivity contribution is 5.95. The topological polar surface area (TPSA) is 83.6 Å². The summed E-state index contributed by atoms with van der Waals surface area (Å²) in [6, 6.07) is 1.79. The van der Waals surface area contributed by atoms with Crippen molar-refractivity contribution >= 4 is 5.91 Å². The average molecular weight is 287 g/mol. The van der Waals surface area contributed by atoms with Gasteiger partial charge >= 0.3 is 0 Å². The van der Waals surface area contributed by atoms with E-state index in [1.54, 1.807) is 6.07 Å². The maximum atomic E-state index is 12.2. The number of nitrogens with zero attached hydrogens (tertiary/aromatic N) is 3. The van der Waals surface area contributed by atoms with Gasteiger partial charge < -0.3 is 5.32 Å². The quantitative estimate of drug-likeness (QED) is 0.793. The lowest BCUT2D eigenvalue weighted by Gasteiger charge is -2.08. The van der Waals surface area contributed by atoms with Gasteiger partial charge in [0, 0.05) is 12.2 Å². The minimum atomic E-state index is -0.0752. The van der Waals surface area contributed by atoms with Gasteiger partial charge in [0.2, 0.25) is 0 Å². The van der Waals surface area contributed by atoms with Crippen LogP contribution in [0, 0.1) is 13.8 Å². The van der Waals surface area contributed by atoms with E-state index in [9.17, 15) is 4.79 Å². The smallest absolute Gasteiger partial charge is 0.253 e. The van der Waals surface area contributed by atoms with Gasteiger partial charge in [-0.15, -0.1) is 0 Å². The summed E-state index contributed by atoms with van der Waals surface area (Å²) in [5.74, 6) is -0.0752. The highest BCUT2D eigenvalue weighted by Gasteiger charge is 2.12. The summed E-state index contributed by atoms with van der Waals surface area (Å²) in [5.41, 5.74) is 4.41. The van der Waals surface area contributed by atoms with E-state index in [2.05, 4.69) is 25.7 Å². The number of amides is 1. The highest BCUT2D eigenvalue weighted by Crippen LogP contribution is 2.08. The molecule has 6 nitrogen and oxygen atoms in total. The number of aromatic nitrogens is 4. The minimum absolute atomic E-state index is 0.0752. The van der Waals surface area contributed by atoms with Gasteiger partial charge in [-0.1, -0.05) is 6.92 Å². The largest absolute Gasteiger partial charge is 0.352 e. The van der Waals surface area contributed by atoms with E-state index in [1.165, 1.54) is 5.56 Å². The second-order valence-corrected chi connectivity index (χ2v) is 5.08. The molecule has 2 heterocycles. The summed E-state index contributed by atoms with van der Waals surface area (Å²) < 4.78 is 0. The summed E-state index contributed by atoms with van der Waals surface area (Å²) in [6.07, 6.45) is 4.31. The lowest BCUT2D eigenvalue weighted by Crippen LogP contribution is -2.26. The summed E-state index contributed by atoms with van der Waals surface area (Å²) in [4.78, 5) is 12.2. The molecule has 0 saturated carbocycles. The standard InChI is InChI=1S/C15H21N5O/c1-4-14-13(8-10(2)18-20-14)15(21)16-7-5-6-12-9-17-19-11(12)3/h8-9H,4-7H2,1-3H3,(H,16,21)(H,17,19). The van der Waals surface area contributed by atoms with Crippen LogP contribution in [-0.2, 0) is 12.8 Å². The van der Waals surface area contributed by atoms with Gasteiger partial charge in [-0.25, -0.2) is 0 Å². The van der Waals surface area contributed by atoms with E-state index in [0.29, 0.717) is 18.5 Å². The third-order valence-corrected chi connectivity index (χ3v) is 3.41. The number of H-pyrrole nitrogens is 1. The number of hydrogen-bond acceptors (Lipinski definition) is 4. The van der Waals surface area contributed by atoms with Crippen LogP contribution < -0.4 is 5.32 Å². The van der Waals surface area contributed by atoms with E-state index in [4.69, 9.17) is 0 Å². The van der Waals surface area contributed by atoms with E-state index in [1.807, 2.05) is 27.0 Å². The van der Waals surface area contributed by atoms with Crippen molar-refractivity contribution in [2.24, 2.45) is 0 Å². The van der Waals surface area contributed by atoms with Crippen LogP contribution in [0.4, 0.5) is 0 Å². The van der Waals surface area contributed by atoms with E-state index >= 15 is 0 Å². The zero-order valence-electron chi connectivity index (χ0n) is 12.7. The number of hydrogen-bond donors (Lipinski definition) is 2. The molecule has 0 radical (unpaired) electrons. The molecule has 0 unspecified atom stereocenters. The van der Waals surface area contributed by atoms with Crippen LogP contribution in [0.2, 0.25) is 0 Å². The fraction of sp³-hybridized carbons (Fsp3) is 0.467. The number of carbonyl (C=O) groups excluding carboxylic acids is 1. The first-order valence-corrected chi connectivity index (χ1v) is 7.22. The van der Waals surface area contributed by atoms with Gasteiger partial charge in [0.15, 0.2) is 0 Å². The number of nitrogens with one attached hydrogen (secondary N) is 2. The molecule has 0 fully saturated rings. The van der Waals surface area contributed by atoms with Gasteiger partial charge in [-0.05, 0) is 44.7 Å². The van der Waals surface area contributed by atoms with Crippen molar-refractivity contribution in [3.8, 4) is 0 Å². The Morgan fingerprint density at radius 2 is 2.14 bits per heavy atom. The Morgan fingerprint density at radius 3 is 2.81 bits per heavy atom. The molecule has 0 spiro atoms. The Bertz CT molecular complexity index is 620. The Morgan fingerprint density at radius 1 is 1.33 bits per heavy atom. The zero-order valence-corrected chi connectivity index (χ0v) is 12.7. The Kier molecular flexibility index (Phi) is 5.03. The molecule has 21 heavy (non-hydrogen) atoms. The van der Waals surface area contributed by atoms with Crippen LogP contribution in [0.1, 0.15) is 46.3 Å². The molecule has 2 N–H and O–H groups in total. The van der Waals surface area contributed by atoms with E-state index in [-0.39, 0.29) is 5.91 Å². The zero-order chi connectivity index (χ0) is 15.2. The third kappa shape index (κ3) is 3.87. The van der Waals surface area contributed by atoms with Gasteiger partial charge in [-0.3, -0.25) is 9.89 Å². The molecule has 0 aliphatic heterocycles. The monoisotopic (exact) mass is 287 g/mol. The predicted octanol–water partition coefficient (Wildman–Crippen LogP) is 1.74. The van der Waals surface area contributed by atoms with Crippen molar-refractivity contribution in [1.82, 2.24) is 25.7 Å². The van der Waals surface area contributed by atoms with Crippen LogP contribution in [0.25, 0.3) is 0 Å². The fourth-order valence-corrected chi connectivity index (χ4v) is 2.18. The first kappa shape index (κ1) is 15.2. The summed E-state index contributed by atoms with van der Waals surface area (Å²) in [5, 5.41) is 17.9. The molecular weight excluding hydrogens is 266 g/mol. The SMILES string of the molecule is CCc1nnc(C)cc1C(=O)NCCCc1cn[nH]c1C. The van der Waals surface area contributed by atoms with Gasteiger partial charge in [-0.2, -0.15) is 15.3 Å². The third-order valence-electron chi connectivity index (χ3n) is 3.41. The normalized spacial score (nSPS) is 10.6. The molecule has 2 aromatic rings.